The first-order valence-corrected chi connectivity index (χ1v) is 9.35. The topological polar surface area (TPSA) is 89.4 Å². The van der Waals surface area contributed by atoms with Crippen LogP contribution in [0.15, 0.2) is 36.9 Å². The number of amides is 2. The van der Waals surface area contributed by atoms with Gasteiger partial charge in [-0.3, -0.25) is 4.79 Å². The Hall–Kier alpha value is -2.90. The largest absolute Gasteiger partial charge is 0.444 e. The number of rotatable bonds is 7. The molecule has 28 heavy (non-hydrogen) atoms. The van der Waals surface area contributed by atoms with E-state index in [0.717, 1.165) is 11.3 Å². The minimum absolute atomic E-state index is 0.0267. The Labute approximate surface area is 165 Å². The monoisotopic (exact) mass is 387 g/mol. The number of nitrogens with zero attached hydrogens (tertiary/aromatic N) is 4. The maximum absolute atomic E-state index is 12.4. The number of alkyl carbamates (subject to hydrolysis) is 1. The third kappa shape index (κ3) is 6.37. The number of hydrogen-bond acceptors (Lipinski definition) is 5. The van der Waals surface area contributed by atoms with Gasteiger partial charge in [-0.25, -0.2) is 14.5 Å². The van der Waals surface area contributed by atoms with E-state index >= 15 is 0 Å². The van der Waals surface area contributed by atoms with Crippen molar-refractivity contribution in [3.8, 4) is 5.69 Å². The highest BCUT2D eigenvalue weighted by molar-refractivity contribution is 5.76. The lowest BCUT2D eigenvalue weighted by Crippen LogP contribution is -2.34. The number of carbonyl (C=O) groups is 2. The normalized spacial score (nSPS) is 12.3. The van der Waals surface area contributed by atoms with Crippen LogP contribution in [-0.2, 0) is 9.53 Å². The van der Waals surface area contributed by atoms with Crippen molar-refractivity contribution in [3.63, 3.8) is 0 Å². The van der Waals surface area contributed by atoms with E-state index in [0.29, 0.717) is 19.4 Å². The Kier molecular flexibility index (Phi) is 7.14. The van der Waals surface area contributed by atoms with E-state index in [4.69, 9.17) is 4.74 Å². The molecule has 0 saturated carbocycles. The van der Waals surface area contributed by atoms with Crippen molar-refractivity contribution in [2.45, 2.75) is 52.2 Å². The fourth-order valence-electron chi connectivity index (χ4n) is 2.61. The Balaban J connectivity index is 1.79. The Morgan fingerprint density at radius 3 is 2.50 bits per heavy atom. The van der Waals surface area contributed by atoms with E-state index in [9.17, 15) is 9.59 Å². The van der Waals surface area contributed by atoms with Gasteiger partial charge in [0, 0.05) is 20.0 Å². The lowest BCUT2D eigenvalue weighted by molar-refractivity contribution is -0.131. The van der Waals surface area contributed by atoms with Gasteiger partial charge in [-0.15, -0.1) is 0 Å². The second kappa shape index (κ2) is 9.34. The molecular weight excluding hydrogens is 358 g/mol. The Morgan fingerprint density at radius 2 is 1.93 bits per heavy atom. The first kappa shape index (κ1) is 21.4. The van der Waals surface area contributed by atoms with Gasteiger partial charge in [-0.1, -0.05) is 12.1 Å². The van der Waals surface area contributed by atoms with Crippen LogP contribution in [0.4, 0.5) is 4.79 Å². The SMILES string of the molecule is CC(c1ccc(-n2cncn2)cc1)N(C)C(=O)CCCNC(=O)OC(C)(C)C. The lowest BCUT2D eigenvalue weighted by Gasteiger charge is -2.25. The fraction of sp³-hybridized carbons (Fsp3) is 0.500. The van der Waals surface area contributed by atoms with E-state index < -0.39 is 11.7 Å². The van der Waals surface area contributed by atoms with E-state index in [1.165, 1.54) is 6.33 Å². The van der Waals surface area contributed by atoms with Crippen molar-refractivity contribution >= 4 is 12.0 Å². The molecule has 8 nitrogen and oxygen atoms in total. The zero-order valence-electron chi connectivity index (χ0n) is 17.2. The summed E-state index contributed by atoms with van der Waals surface area (Å²) in [5, 5.41) is 6.77. The number of ether oxygens (including phenoxy) is 1. The van der Waals surface area contributed by atoms with Crippen molar-refractivity contribution < 1.29 is 14.3 Å². The van der Waals surface area contributed by atoms with Crippen LogP contribution in [0.1, 0.15) is 52.1 Å². The number of benzene rings is 1. The molecule has 0 radical (unpaired) electrons. The molecule has 1 aromatic carbocycles. The molecule has 0 aliphatic carbocycles. The highest BCUT2D eigenvalue weighted by Crippen LogP contribution is 2.21. The summed E-state index contributed by atoms with van der Waals surface area (Å²) in [5.74, 6) is 0.0267. The molecule has 1 atom stereocenters. The number of hydrogen-bond donors (Lipinski definition) is 1. The summed E-state index contributed by atoms with van der Waals surface area (Å²) in [4.78, 5) is 29.7. The average Bonchev–Trinajstić information content (AvgIpc) is 3.17. The number of carbonyl (C=O) groups excluding carboxylic acids is 2. The molecule has 0 bridgehead atoms. The molecule has 0 fully saturated rings. The van der Waals surface area contributed by atoms with Gasteiger partial charge in [-0.2, -0.15) is 5.10 Å². The highest BCUT2D eigenvalue weighted by Gasteiger charge is 2.18. The van der Waals surface area contributed by atoms with Crippen LogP contribution in [0, 0.1) is 0 Å². The summed E-state index contributed by atoms with van der Waals surface area (Å²) < 4.78 is 6.85. The molecule has 8 heteroatoms. The van der Waals surface area contributed by atoms with E-state index in [1.54, 1.807) is 23.0 Å². The zero-order chi connectivity index (χ0) is 20.7. The van der Waals surface area contributed by atoms with Crippen LogP contribution in [0.2, 0.25) is 0 Å². The van der Waals surface area contributed by atoms with Crippen LogP contribution in [-0.4, -0.2) is 50.9 Å². The van der Waals surface area contributed by atoms with Crippen LogP contribution in [0.25, 0.3) is 5.69 Å². The molecule has 152 valence electrons. The Bertz CT molecular complexity index is 766. The quantitative estimate of drug-likeness (QED) is 0.738. The lowest BCUT2D eigenvalue weighted by atomic mass is 10.1. The summed E-state index contributed by atoms with van der Waals surface area (Å²) >= 11 is 0. The molecule has 2 aromatic rings. The summed E-state index contributed by atoms with van der Waals surface area (Å²) in [6, 6.07) is 7.80. The standard InChI is InChI=1S/C20H29N5O3/c1-15(16-8-10-17(11-9-16)25-14-21-13-23-25)24(5)18(26)7-6-12-22-19(27)28-20(2,3)4/h8-11,13-15H,6-7,12H2,1-5H3,(H,22,27). The van der Waals surface area contributed by atoms with Crippen molar-refractivity contribution in [2.24, 2.45) is 0 Å². The molecule has 0 saturated heterocycles. The van der Waals surface area contributed by atoms with Gasteiger partial charge in [0.15, 0.2) is 0 Å². The molecular formula is C20H29N5O3. The van der Waals surface area contributed by atoms with Gasteiger partial charge in [-0.05, 0) is 51.8 Å². The molecule has 1 aromatic heterocycles. The molecule has 1 heterocycles. The molecule has 1 unspecified atom stereocenters. The van der Waals surface area contributed by atoms with Crippen LogP contribution >= 0.6 is 0 Å². The first-order valence-electron chi connectivity index (χ1n) is 9.35. The predicted octanol–water partition coefficient (Wildman–Crippen LogP) is 3.09. The third-order valence-electron chi connectivity index (χ3n) is 4.27. The fourth-order valence-corrected chi connectivity index (χ4v) is 2.61. The third-order valence-corrected chi connectivity index (χ3v) is 4.27. The second-order valence-electron chi connectivity index (χ2n) is 7.64. The van der Waals surface area contributed by atoms with Crippen LogP contribution in [0.5, 0.6) is 0 Å². The predicted molar refractivity (Wildman–Crippen MR) is 106 cm³/mol. The molecule has 1 N–H and O–H groups in total. The summed E-state index contributed by atoms with van der Waals surface area (Å²) in [6.07, 6.45) is 3.57. The van der Waals surface area contributed by atoms with Gasteiger partial charge in [0.05, 0.1) is 11.7 Å². The average molecular weight is 387 g/mol. The minimum Gasteiger partial charge on any atom is -0.444 e. The minimum atomic E-state index is -0.529. The molecule has 0 aliphatic rings. The van der Waals surface area contributed by atoms with E-state index in [2.05, 4.69) is 15.4 Å². The van der Waals surface area contributed by atoms with Gasteiger partial charge < -0.3 is 15.0 Å². The van der Waals surface area contributed by atoms with Gasteiger partial charge in [0.2, 0.25) is 5.91 Å². The van der Waals surface area contributed by atoms with E-state index in [-0.39, 0.29) is 11.9 Å². The number of nitrogens with one attached hydrogen (secondary N) is 1. The van der Waals surface area contributed by atoms with Gasteiger partial charge >= 0.3 is 6.09 Å². The molecule has 2 rings (SSSR count). The summed E-state index contributed by atoms with van der Waals surface area (Å²) in [7, 11) is 1.79. The van der Waals surface area contributed by atoms with Crippen LogP contribution in [0.3, 0.4) is 0 Å². The highest BCUT2D eigenvalue weighted by atomic mass is 16.6. The number of aromatic nitrogens is 3. The smallest absolute Gasteiger partial charge is 0.407 e. The van der Waals surface area contributed by atoms with Crippen molar-refractivity contribution in [1.82, 2.24) is 25.0 Å². The Morgan fingerprint density at radius 1 is 1.25 bits per heavy atom. The summed E-state index contributed by atoms with van der Waals surface area (Å²) in [5.41, 5.74) is 1.42. The van der Waals surface area contributed by atoms with Gasteiger partial charge in [0.1, 0.15) is 18.3 Å². The van der Waals surface area contributed by atoms with Crippen molar-refractivity contribution in [3.05, 3.63) is 42.5 Å². The maximum atomic E-state index is 12.4. The van der Waals surface area contributed by atoms with Crippen molar-refractivity contribution in [2.75, 3.05) is 13.6 Å². The van der Waals surface area contributed by atoms with Crippen LogP contribution < -0.4 is 5.32 Å². The first-order chi connectivity index (χ1) is 13.2. The summed E-state index contributed by atoms with van der Waals surface area (Å²) in [6.45, 7) is 7.82. The molecule has 2 amide bonds. The molecule has 0 spiro atoms. The molecule has 0 aliphatic heterocycles. The second-order valence-corrected chi connectivity index (χ2v) is 7.64. The zero-order valence-corrected chi connectivity index (χ0v) is 17.2. The maximum Gasteiger partial charge on any atom is 0.407 e. The van der Waals surface area contributed by atoms with Gasteiger partial charge in [0.25, 0.3) is 0 Å². The van der Waals surface area contributed by atoms with E-state index in [1.807, 2.05) is 52.0 Å². The van der Waals surface area contributed by atoms with Crippen molar-refractivity contribution in [1.29, 1.82) is 0 Å².